The second-order valence-corrected chi connectivity index (χ2v) is 4.52. The van der Waals surface area contributed by atoms with Gasteiger partial charge in [-0.25, -0.2) is 4.68 Å². The number of benzene rings is 1. The Bertz CT molecular complexity index is 558. The van der Waals surface area contributed by atoms with Crippen molar-refractivity contribution in [2.45, 2.75) is 26.8 Å². The molecule has 2 rings (SSSR count). The number of methoxy groups -OCH3 is 1. The first-order valence-electron chi connectivity index (χ1n) is 6.00. The Hall–Kier alpha value is -1.81. The third-order valence-electron chi connectivity index (χ3n) is 2.96. The van der Waals surface area contributed by atoms with Crippen LogP contribution in [0.2, 0.25) is 0 Å². The average molecular weight is 245 g/mol. The van der Waals surface area contributed by atoms with Gasteiger partial charge in [0.25, 0.3) is 0 Å². The van der Waals surface area contributed by atoms with Crippen molar-refractivity contribution in [1.82, 2.24) is 9.78 Å². The highest BCUT2D eigenvalue weighted by molar-refractivity contribution is 5.51. The van der Waals surface area contributed by atoms with Crippen LogP contribution in [-0.2, 0) is 0 Å². The molecule has 0 radical (unpaired) electrons. The minimum atomic E-state index is -0.111. The summed E-state index contributed by atoms with van der Waals surface area (Å²) in [5.41, 5.74) is 10.1. The largest absolute Gasteiger partial charge is 0.496 e. The lowest BCUT2D eigenvalue weighted by atomic mass is 10.1. The van der Waals surface area contributed by atoms with E-state index in [2.05, 4.69) is 5.10 Å². The molecule has 4 nitrogen and oxygen atoms in total. The molecule has 0 fully saturated rings. The molecule has 0 saturated carbocycles. The van der Waals surface area contributed by atoms with Crippen LogP contribution >= 0.6 is 0 Å². The zero-order chi connectivity index (χ0) is 13.3. The Balaban J connectivity index is 2.67. The molecule has 0 bridgehead atoms. The fraction of sp³-hybridized carbons (Fsp3) is 0.357. The fourth-order valence-electron chi connectivity index (χ4n) is 2.23. The molecule has 4 heteroatoms. The van der Waals surface area contributed by atoms with Crippen LogP contribution in [0.15, 0.2) is 24.3 Å². The molecule has 1 heterocycles. The summed E-state index contributed by atoms with van der Waals surface area (Å²) in [6.07, 6.45) is 0. The number of rotatable bonds is 3. The maximum atomic E-state index is 6.06. The van der Waals surface area contributed by atoms with Crippen LogP contribution < -0.4 is 10.5 Å². The minimum Gasteiger partial charge on any atom is -0.496 e. The number of nitrogens with zero attached hydrogens (tertiary/aromatic N) is 2. The van der Waals surface area contributed by atoms with Gasteiger partial charge in [-0.3, -0.25) is 0 Å². The lowest BCUT2D eigenvalue weighted by molar-refractivity contribution is 0.406. The quantitative estimate of drug-likeness (QED) is 0.904. The zero-order valence-electron chi connectivity index (χ0n) is 11.3. The third-order valence-corrected chi connectivity index (χ3v) is 2.96. The monoisotopic (exact) mass is 245 g/mol. The fourth-order valence-corrected chi connectivity index (χ4v) is 2.23. The van der Waals surface area contributed by atoms with Gasteiger partial charge < -0.3 is 10.5 Å². The lowest BCUT2D eigenvalue weighted by Gasteiger charge is -2.17. The van der Waals surface area contributed by atoms with E-state index in [0.717, 1.165) is 28.4 Å². The molecule has 0 spiro atoms. The molecule has 1 aromatic heterocycles. The van der Waals surface area contributed by atoms with Crippen LogP contribution in [0.25, 0.3) is 5.69 Å². The minimum absolute atomic E-state index is 0.111. The predicted molar refractivity (Wildman–Crippen MR) is 72.2 cm³/mol. The second-order valence-electron chi connectivity index (χ2n) is 4.52. The van der Waals surface area contributed by atoms with E-state index in [4.69, 9.17) is 10.5 Å². The van der Waals surface area contributed by atoms with E-state index in [0.29, 0.717) is 0 Å². The summed E-state index contributed by atoms with van der Waals surface area (Å²) in [5.74, 6) is 0.801. The van der Waals surface area contributed by atoms with E-state index in [9.17, 15) is 0 Å². The van der Waals surface area contributed by atoms with Crippen LogP contribution in [0.3, 0.4) is 0 Å². The van der Waals surface area contributed by atoms with E-state index in [1.165, 1.54) is 0 Å². The van der Waals surface area contributed by atoms with E-state index in [1.807, 2.05) is 49.7 Å². The number of hydrogen-bond acceptors (Lipinski definition) is 3. The Morgan fingerprint density at radius 3 is 2.56 bits per heavy atom. The zero-order valence-corrected chi connectivity index (χ0v) is 11.3. The van der Waals surface area contributed by atoms with Crippen LogP contribution in [0.5, 0.6) is 5.75 Å². The van der Waals surface area contributed by atoms with E-state index in [-0.39, 0.29) is 6.04 Å². The van der Waals surface area contributed by atoms with Crippen molar-refractivity contribution in [1.29, 1.82) is 0 Å². The number of hydrogen-bond donors (Lipinski definition) is 1. The van der Waals surface area contributed by atoms with Gasteiger partial charge in [0.15, 0.2) is 0 Å². The Morgan fingerprint density at radius 2 is 2.06 bits per heavy atom. The molecule has 0 amide bonds. The molecular formula is C14H19N3O. The van der Waals surface area contributed by atoms with Crippen LogP contribution in [0, 0.1) is 13.8 Å². The first-order chi connectivity index (χ1) is 8.54. The van der Waals surface area contributed by atoms with E-state index < -0.39 is 0 Å². The van der Waals surface area contributed by atoms with Gasteiger partial charge in [0.2, 0.25) is 0 Å². The molecule has 0 aliphatic carbocycles. The van der Waals surface area contributed by atoms with Crippen molar-refractivity contribution >= 4 is 0 Å². The molecule has 1 atom stereocenters. The van der Waals surface area contributed by atoms with Gasteiger partial charge in [-0.15, -0.1) is 0 Å². The predicted octanol–water partition coefficient (Wildman–Crippen LogP) is 2.52. The molecular weight excluding hydrogens is 226 g/mol. The van der Waals surface area contributed by atoms with Gasteiger partial charge >= 0.3 is 0 Å². The van der Waals surface area contributed by atoms with Crippen molar-refractivity contribution in [3.8, 4) is 11.4 Å². The standard InChI is InChI=1S/C14H19N3O/c1-9-8-10(2)17(16-9)12-6-5-7-13(18-4)14(12)11(3)15/h5-8,11H,15H2,1-4H3/t11-/m1/s1. The van der Waals surface area contributed by atoms with Crippen LogP contribution in [0.4, 0.5) is 0 Å². The smallest absolute Gasteiger partial charge is 0.125 e. The summed E-state index contributed by atoms with van der Waals surface area (Å²) in [6, 6.07) is 7.83. The normalized spacial score (nSPS) is 12.5. The summed E-state index contributed by atoms with van der Waals surface area (Å²) < 4.78 is 7.31. The highest BCUT2D eigenvalue weighted by Crippen LogP contribution is 2.30. The number of aromatic nitrogens is 2. The van der Waals surface area contributed by atoms with Gasteiger partial charge in [0.05, 0.1) is 18.5 Å². The van der Waals surface area contributed by atoms with Gasteiger partial charge in [-0.1, -0.05) is 6.07 Å². The van der Waals surface area contributed by atoms with Crippen LogP contribution in [-0.4, -0.2) is 16.9 Å². The molecule has 0 aliphatic heterocycles. The molecule has 0 saturated heterocycles. The summed E-state index contributed by atoms with van der Waals surface area (Å²) in [7, 11) is 1.66. The molecule has 0 unspecified atom stereocenters. The Labute approximate surface area is 107 Å². The second kappa shape index (κ2) is 4.82. The summed E-state index contributed by atoms with van der Waals surface area (Å²) >= 11 is 0. The highest BCUT2D eigenvalue weighted by atomic mass is 16.5. The lowest BCUT2D eigenvalue weighted by Crippen LogP contribution is -2.13. The molecule has 2 N–H and O–H groups in total. The van der Waals surface area contributed by atoms with Crippen molar-refractivity contribution in [2.24, 2.45) is 5.73 Å². The number of ether oxygens (including phenoxy) is 1. The first kappa shape index (κ1) is 12.6. The van der Waals surface area contributed by atoms with Crippen molar-refractivity contribution in [3.05, 3.63) is 41.2 Å². The molecule has 0 aliphatic rings. The summed E-state index contributed by atoms with van der Waals surface area (Å²) in [6.45, 7) is 5.96. The Kier molecular flexibility index (Phi) is 3.39. The number of aryl methyl sites for hydroxylation is 2. The third kappa shape index (κ3) is 2.11. The summed E-state index contributed by atoms with van der Waals surface area (Å²) in [5, 5.41) is 4.50. The van der Waals surface area contributed by atoms with Gasteiger partial charge in [0, 0.05) is 17.3 Å². The SMILES string of the molecule is COc1cccc(-n2nc(C)cc2C)c1[C@@H](C)N. The molecule has 96 valence electrons. The van der Waals surface area contributed by atoms with Crippen molar-refractivity contribution < 1.29 is 4.74 Å². The van der Waals surface area contributed by atoms with E-state index in [1.54, 1.807) is 7.11 Å². The van der Waals surface area contributed by atoms with Crippen LogP contribution in [0.1, 0.15) is 29.9 Å². The maximum absolute atomic E-state index is 6.06. The van der Waals surface area contributed by atoms with Crippen molar-refractivity contribution in [3.63, 3.8) is 0 Å². The number of nitrogens with two attached hydrogens (primary N) is 1. The van der Waals surface area contributed by atoms with Crippen molar-refractivity contribution in [2.75, 3.05) is 7.11 Å². The van der Waals surface area contributed by atoms with Gasteiger partial charge in [0.1, 0.15) is 5.75 Å². The first-order valence-corrected chi connectivity index (χ1v) is 6.00. The highest BCUT2D eigenvalue weighted by Gasteiger charge is 2.16. The Morgan fingerprint density at radius 1 is 1.33 bits per heavy atom. The molecule has 1 aromatic carbocycles. The topological polar surface area (TPSA) is 53.1 Å². The van der Waals surface area contributed by atoms with Gasteiger partial charge in [-0.05, 0) is 39.0 Å². The van der Waals surface area contributed by atoms with Gasteiger partial charge in [-0.2, -0.15) is 5.10 Å². The van der Waals surface area contributed by atoms with E-state index >= 15 is 0 Å². The molecule has 18 heavy (non-hydrogen) atoms. The average Bonchev–Trinajstić information content (AvgIpc) is 2.67. The molecule has 2 aromatic rings. The maximum Gasteiger partial charge on any atom is 0.125 e. The summed E-state index contributed by atoms with van der Waals surface area (Å²) in [4.78, 5) is 0.